The van der Waals surface area contributed by atoms with E-state index < -0.39 is 0 Å². The van der Waals surface area contributed by atoms with Crippen molar-refractivity contribution in [3.05, 3.63) is 83.9 Å². The van der Waals surface area contributed by atoms with Crippen LogP contribution >= 0.6 is 12.2 Å². The molecule has 182 valence electrons. The number of anilines is 1. The zero-order valence-corrected chi connectivity index (χ0v) is 21.0. The van der Waals surface area contributed by atoms with Crippen molar-refractivity contribution in [1.82, 2.24) is 19.8 Å². The van der Waals surface area contributed by atoms with Gasteiger partial charge in [-0.3, -0.25) is 9.78 Å². The zero-order valence-electron chi connectivity index (χ0n) is 20.2. The van der Waals surface area contributed by atoms with Crippen LogP contribution < -0.4 is 10.6 Å². The smallest absolute Gasteiger partial charge is 0.226 e. The molecule has 2 aliphatic rings. The maximum Gasteiger partial charge on any atom is 0.226 e. The number of carbonyl (C=O) groups excluding carboxylic acids is 1. The number of carbonyl (C=O) groups is 1. The summed E-state index contributed by atoms with van der Waals surface area (Å²) in [6.45, 7) is 2.56. The van der Waals surface area contributed by atoms with Gasteiger partial charge in [-0.1, -0.05) is 37.5 Å². The first kappa shape index (κ1) is 23.5. The highest BCUT2D eigenvalue weighted by molar-refractivity contribution is 7.80. The number of amides is 1. The Morgan fingerprint density at radius 1 is 1.11 bits per heavy atom. The first-order valence-corrected chi connectivity index (χ1v) is 13.0. The lowest BCUT2D eigenvalue weighted by molar-refractivity contribution is -0.116. The molecule has 35 heavy (non-hydrogen) atoms. The van der Waals surface area contributed by atoms with Crippen LogP contribution in [0.15, 0.2) is 67.0 Å². The van der Waals surface area contributed by atoms with E-state index in [-0.39, 0.29) is 18.0 Å². The molecule has 1 aliphatic heterocycles. The van der Waals surface area contributed by atoms with Gasteiger partial charge in [0, 0.05) is 42.8 Å². The van der Waals surface area contributed by atoms with Gasteiger partial charge in [-0.15, -0.1) is 0 Å². The van der Waals surface area contributed by atoms with E-state index in [1.165, 1.54) is 37.8 Å². The second-order valence-corrected chi connectivity index (χ2v) is 10.0. The molecule has 5 rings (SSSR count). The highest BCUT2D eigenvalue weighted by Gasteiger charge is 2.41. The van der Waals surface area contributed by atoms with Crippen LogP contribution in [0.4, 0.5) is 5.69 Å². The van der Waals surface area contributed by atoms with Crippen LogP contribution in [0.3, 0.4) is 0 Å². The Bertz CT molecular complexity index is 1170. The highest BCUT2D eigenvalue weighted by Crippen LogP contribution is 2.41. The maximum absolute atomic E-state index is 12.8. The fraction of sp³-hybridized carbons (Fsp3) is 0.393. The number of thiocarbonyl (C=S) groups is 1. The molecule has 2 N–H and O–H groups in total. The Morgan fingerprint density at radius 3 is 2.74 bits per heavy atom. The van der Waals surface area contributed by atoms with Gasteiger partial charge in [0.25, 0.3) is 0 Å². The summed E-state index contributed by atoms with van der Waals surface area (Å²) in [5.41, 5.74) is 4.14. The second-order valence-electron chi connectivity index (χ2n) is 9.62. The van der Waals surface area contributed by atoms with Gasteiger partial charge in [0.15, 0.2) is 5.11 Å². The topological polar surface area (TPSA) is 62.2 Å². The van der Waals surface area contributed by atoms with Crippen LogP contribution in [0.2, 0.25) is 0 Å². The number of pyridine rings is 1. The Hall–Kier alpha value is -3.19. The van der Waals surface area contributed by atoms with Gasteiger partial charge in [0.1, 0.15) is 0 Å². The van der Waals surface area contributed by atoms with Gasteiger partial charge < -0.3 is 20.1 Å². The minimum absolute atomic E-state index is 0.0129. The van der Waals surface area contributed by atoms with Gasteiger partial charge in [0.2, 0.25) is 5.91 Å². The summed E-state index contributed by atoms with van der Waals surface area (Å²) in [4.78, 5) is 19.7. The monoisotopic (exact) mass is 487 g/mol. The summed E-state index contributed by atoms with van der Waals surface area (Å²) in [5.74, 6) is -0.0129. The van der Waals surface area contributed by atoms with Crippen molar-refractivity contribution < 1.29 is 4.79 Å². The molecule has 2 aromatic heterocycles. The van der Waals surface area contributed by atoms with E-state index in [9.17, 15) is 4.79 Å². The molecule has 0 radical (unpaired) electrons. The molecule has 1 aromatic carbocycles. The zero-order chi connectivity index (χ0) is 24.2. The van der Waals surface area contributed by atoms with Gasteiger partial charge in [0.05, 0.1) is 17.8 Å². The number of hydrogen-bond acceptors (Lipinski definition) is 3. The second kappa shape index (κ2) is 10.6. The summed E-state index contributed by atoms with van der Waals surface area (Å²) >= 11 is 5.81. The Balaban J connectivity index is 1.39. The highest BCUT2D eigenvalue weighted by atomic mass is 32.1. The molecule has 2 atom stereocenters. The average molecular weight is 488 g/mol. The molecule has 1 aliphatic carbocycles. The molecule has 3 aromatic rings. The Morgan fingerprint density at radius 2 is 1.97 bits per heavy atom. The van der Waals surface area contributed by atoms with Crippen LogP contribution in [0, 0.1) is 6.92 Å². The minimum Gasteiger partial charge on any atom is -0.352 e. The van der Waals surface area contributed by atoms with Crippen molar-refractivity contribution in [2.75, 3.05) is 11.9 Å². The van der Waals surface area contributed by atoms with Gasteiger partial charge in [-0.05, 0) is 73.9 Å². The van der Waals surface area contributed by atoms with E-state index in [4.69, 9.17) is 12.2 Å². The summed E-state index contributed by atoms with van der Waals surface area (Å²) in [6, 6.07) is 18.7. The molecule has 6 nitrogen and oxygen atoms in total. The summed E-state index contributed by atoms with van der Waals surface area (Å²) in [7, 11) is 0. The summed E-state index contributed by atoms with van der Waals surface area (Å²) in [5, 5.41) is 7.22. The normalized spacial score (nSPS) is 20.6. The summed E-state index contributed by atoms with van der Waals surface area (Å²) in [6.07, 6.45) is 10.7. The predicted octanol–water partition coefficient (Wildman–Crippen LogP) is 5.70. The largest absolute Gasteiger partial charge is 0.352 e. The third-order valence-corrected chi connectivity index (χ3v) is 7.51. The number of aryl methyl sites for hydroxylation is 1. The first-order valence-electron chi connectivity index (χ1n) is 12.6. The minimum atomic E-state index is -0.0687. The van der Waals surface area contributed by atoms with E-state index in [1.807, 2.05) is 49.5 Å². The number of nitrogens with one attached hydrogen (secondary N) is 2. The molecule has 1 saturated carbocycles. The standard InChI is InChI=1S/C28H33N5OS/c1-20-9-7-10-21(19-20)30-25(34)15-18-33-27(26(31-28(33)35)23-13-5-6-16-29-23)24-14-8-17-32(24)22-11-3-2-4-12-22/h5-10,13-14,16-17,19,22,26-27H,2-4,11-12,15,18H2,1H3,(H,30,34)(H,31,35)/t26-,27-/m1/s1. The van der Waals surface area contributed by atoms with Crippen molar-refractivity contribution in [2.24, 2.45) is 0 Å². The number of hydrogen-bond donors (Lipinski definition) is 2. The molecule has 7 heteroatoms. The Kier molecular flexibility index (Phi) is 7.13. The molecule has 2 fully saturated rings. The SMILES string of the molecule is Cc1cccc(NC(=O)CCN2C(=S)N[C@H](c3ccccn3)[C@H]2c2cccn2C2CCCCC2)c1. The first-order chi connectivity index (χ1) is 17.1. The number of aromatic nitrogens is 2. The van der Waals surface area contributed by atoms with Crippen molar-refractivity contribution >= 4 is 28.9 Å². The van der Waals surface area contributed by atoms with Crippen molar-refractivity contribution in [2.45, 2.75) is 63.6 Å². The van der Waals surface area contributed by atoms with E-state index in [0.29, 0.717) is 24.1 Å². The Labute approximate surface area is 212 Å². The van der Waals surface area contributed by atoms with Crippen LogP contribution in [0.25, 0.3) is 0 Å². The molecular weight excluding hydrogens is 454 g/mol. The lowest BCUT2D eigenvalue weighted by Gasteiger charge is -2.32. The molecule has 1 amide bonds. The van der Waals surface area contributed by atoms with Gasteiger partial charge >= 0.3 is 0 Å². The number of benzene rings is 1. The third-order valence-electron chi connectivity index (χ3n) is 7.16. The van der Waals surface area contributed by atoms with Crippen molar-refractivity contribution in [3.63, 3.8) is 0 Å². The van der Waals surface area contributed by atoms with E-state index in [2.05, 4.69) is 49.5 Å². The molecule has 0 spiro atoms. The fourth-order valence-electron chi connectivity index (χ4n) is 5.49. The fourth-order valence-corrected chi connectivity index (χ4v) is 5.82. The van der Waals surface area contributed by atoms with Crippen molar-refractivity contribution in [3.8, 4) is 0 Å². The van der Waals surface area contributed by atoms with Gasteiger partial charge in [-0.2, -0.15) is 0 Å². The number of nitrogens with zero attached hydrogens (tertiary/aromatic N) is 3. The maximum atomic E-state index is 12.8. The average Bonchev–Trinajstić information content (AvgIpc) is 3.48. The van der Waals surface area contributed by atoms with E-state index in [0.717, 1.165) is 16.9 Å². The summed E-state index contributed by atoms with van der Waals surface area (Å²) < 4.78 is 2.45. The van der Waals surface area contributed by atoms with E-state index in [1.54, 1.807) is 0 Å². The molecular formula is C28H33N5OS. The van der Waals surface area contributed by atoms with Crippen LogP contribution in [-0.4, -0.2) is 32.0 Å². The number of rotatable bonds is 7. The van der Waals surface area contributed by atoms with Gasteiger partial charge in [-0.25, -0.2) is 0 Å². The van der Waals surface area contributed by atoms with E-state index >= 15 is 0 Å². The quantitative estimate of drug-likeness (QED) is 0.419. The van der Waals surface area contributed by atoms with Crippen molar-refractivity contribution in [1.29, 1.82) is 0 Å². The lowest BCUT2D eigenvalue weighted by Crippen LogP contribution is -2.33. The lowest BCUT2D eigenvalue weighted by atomic mass is 9.94. The van der Waals surface area contributed by atoms with Crippen LogP contribution in [0.1, 0.15) is 73.6 Å². The molecule has 3 heterocycles. The predicted molar refractivity (Wildman–Crippen MR) is 143 cm³/mol. The molecule has 1 saturated heterocycles. The van der Waals surface area contributed by atoms with Crippen LogP contribution in [-0.2, 0) is 4.79 Å². The molecule has 0 bridgehead atoms. The molecule has 0 unspecified atom stereocenters. The van der Waals surface area contributed by atoms with Crippen LogP contribution in [0.5, 0.6) is 0 Å². The third kappa shape index (κ3) is 5.25.